The fraction of sp³-hybridized carbons (Fsp3) is 0.900. The molecule has 0 bridgehead atoms. The SMILES string of the molecule is CC(=CCO)CCC[C@H](C)CCC[C@H](C)CCCC(C)C.O=P(O)(O)O. The molecular formula is C20H43O5P. The van der Waals surface area contributed by atoms with Crippen LogP contribution in [0, 0.1) is 17.8 Å². The van der Waals surface area contributed by atoms with E-state index in [-0.39, 0.29) is 6.61 Å². The van der Waals surface area contributed by atoms with Gasteiger partial charge in [-0.25, -0.2) is 4.57 Å². The summed E-state index contributed by atoms with van der Waals surface area (Å²) < 4.78 is 8.88. The van der Waals surface area contributed by atoms with Gasteiger partial charge >= 0.3 is 7.82 Å². The molecule has 26 heavy (non-hydrogen) atoms. The van der Waals surface area contributed by atoms with Gasteiger partial charge in [0.15, 0.2) is 0 Å². The highest BCUT2D eigenvalue weighted by Crippen LogP contribution is 2.26. The topological polar surface area (TPSA) is 98.0 Å². The number of phosphoric acid groups is 1. The summed E-state index contributed by atoms with van der Waals surface area (Å²) in [7, 11) is -4.64. The minimum atomic E-state index is -4.64. The molecular weight excluding hydrogens is 351 g/mol. The van der Waals surface area contributed by atoms with E-state index in [0.717, 1.165) is 24.2 Å². The van der Waals surface area contributed by atoms with Crippen molar-refractivity contribution >= 4 is 7.82 Å². The maximum atomic E-state index is 8.88. The molecule has 0 heterocycles. The molecule has 0 aliphatic rings. The quantitative estimate of drug-likeness (QED) is 0.246. The number of rotatable bonds is 13. The highest BCUT2D eigenvalue weighted by molar-refractivity contribution is 7.45. The normalized spacial score (nSPS) is 14.8. The molecule has 2 atom stereocenters. The number of aliphatic hydroxyl groups excluding tert-OH is 1. The molecule has 0 saturated heterocycles. The predicted molar refractivity (Wildman–Crippen MR) is 110 cm³/mol. The number of hydrogen-bond donors (Lipinski definition) is 4. The zero-order valence-corrected chi connectivity index (χ0v) is 18.4. The van der Waals surface area contributed by atoms with Crippen molar-refractivity contribution in [2.75, 3.05) is 6.61 Å². The van der Waals surface area contributed by atoms with E-state index in [1.807, 2.05) is 6.08 Å². The van der Waals surface area contributed by atoms with E-state index in [4.69, 9.17) is 24.4 Å². The van der Waals surface area contributed by atoms with Gasteiger partial charge < -0.3 is 19.8 Å². The second-order valence-corrected chi connectivity index (χ2v) is 9.13. The van der Waals surface area contributed by atoms with Crippen LogP contribution in [0.3, 0.4) is 0 Å². The van der Waals surface area contributed by atoms with Crippen molar-refractivity contribution in [2.24, 2.45) is 17.8 Å². The summed E-state index contributed by atoms with van der Waals surface area (Å²) in [6.07, 6.45) is 14.1. The van der Waals surface area contributed by atoms with Crippen LogP contribution >= 0.6 is 7.82 Å². The standard InChI is InChI=1S/C20H40O.H3O4P/c1-17(2)9-6-10-18(3)11-7-12-19(4)13-8-14-20(5)15-16-21;1-5(2,3)4/h15,17-19,21H,6-14,16H2,1-5H3;(H3,1,2,3,4)/t18-,19-;/m1./s1. The molecule has 0 amide bonds. The maximum absolute atomic E-state index is 8.88. The van der Waals surface area contributed by atoms with Crippen LogP contribution in [0.2, 0.25) is 0 Å². The molecule has 6 heteroatoms. The van der Waals surface area contributed by atoms with Gasteiger partial charge in [0.05, 0.1) is 6.61 Å². The molecule has 0 saturated carbocycles. The Labute approximate surface area is 161 Å². The summed E-state index contributed by atoms with van der Waals surface area (Å²) in [6, 6.07) is 0. The van der Waals surface area contributed by atoms with Gasteiger partial charge in [0.1, 0.15) is 0 Å². The van der Waals surface area contributed by atoms with Crippen LogP contribution in [0.1, 0.15) is 92.4 Å². The lowest BCUT2D eigenvalue weighted by Crippen LogP contribution is -2.00. The lowest BCUT2D eigenvalue weighted by atomic mass is 9.91. The molecule has 0 aliphatic heterocycles. The molecule has 0 aliphatic carbocycles. The van der Waals surface area contributed by atoms with E-state index in [1.54, 1.807) is 0 Å². The van der Waals surface area contributed by atoms with E-state index in [1.165, 1.54) is 56.9 Å². The van der Waals surface area contributed by atoms with E-state index in [9.17, 15) is 0 Å². The van der Waals surface area contributed by atoms with Gasteiger partial charge in [-0.15, -0.1) is 0 Å². The summed E-state index contributed by atoms with van der Waals surface area (Å²) in [5.74, 6) is 2.63. The molecule has 0 aromatic carbocycles. The minimum Gasteiger partial charge on any atom is -0.392 e. The molecule has 0 rings (SSSR count). The van der Waals surface area contributed by atoms with Crippen molar-refractivity contribution in [3.8, 4) is 0 Å². The number of hydrogen-bond acceptors (Lipinski definition) is 2. The van der Waals surface area contributed by atoms with E-state index < -0.39 is 7.82 Å². The molecule has 0 aromatic heterocycles. The lowest BCUT2D eigenvalue weighted by Gasteiger charge is -2.15. The Morgan fingerprint density at radius 2 is 1.23 bits per heavy atom. The zero-order valence-electron chi connectivity index (χ0n) is 17.5. The Bertz CT molecular complexity index is 381. The van der Waals surface area contributed by atoms with Crippen molar-refractivity contribution in [1.29, 1.82) is 0 Å². The van der Waals surface area contributed by atoms with Gasteiger partial charge in [0, 0.05) is 0 Å². The third-order valence-corrected chi connectivity index (χ3v) is 4.58. The number of allylic oxidation sites excluding steroid dienone is 1. The van der Waals surface area contributed by atoms with Gasteiger partial charge in [0.2, 0.25) is 0 Å². The Morgan fingerprint density at radius 1 is 0.846 bits per heavy atom. The van der Waals surface area contributed by atoms with Crippen LogP contribution in [0.25, 0.3) is 0 Å². The second-order valence-electron chi connectivity index (χ2n) is 8.10. The lowest BCUT2D eigenvalue weighted by molar-refractivity contribution is 0.275. The van der Waals surface area contributed by atoms with Gasteiger partial charge in [-0.3, -0.25) is 0 Å². The summed E-state index contributed by atoms with van der Waals surface area (Å²) in [5, 5.41) is 8.83. The first kappa shape index (κ1) is 28.0. The monoisotopic (exact) mass is 394 g/mol. The van der Waals surface area contributed by atoms with Crippen LogP contribution in [0.4, 0.5) is 0 Å². The third kappa shape index (κ3) is 28.6. The Morgan fingerprint density at radius 3 is 1.62 bits per heavy atom. The van der Waals surface area contributed by atoms with Gasteiger partial charge in [-0.2, -0.15) is 0 Å². The fourth-order valence-electron chi connectivity index (χ4n) is 2.97. The average Bonchev–Trinajstić information content (AvgIpc) is 2.45. The molecule has 0 spiro atoms. The van der Waals surface area contributed by atoms with Crippen molar-refractivity contribution in [1.82, 2.24) is 0 Å². The molecule has 5 nitrogen and oxygen atoms in total. The third-order valence-electron chi connectivity index (χ3n) is 4.58. The first-order valence-electron chi connectivity index (χ1n) is 10.00. The summed E-state index contributed by atoms with van der Waals surface area (Å²) in [4.78, 5) is 21.6. The average molecular weight is 395 g/mol. The van der Waals surface area contributed by atoms with Gasteiger partial charge in [-0.05, 0) is 37.5 Å². The van der Waals surface area contributed by atoms with Crippen LogP contribution < -0.4 is 0 Å². The van der Waals surface area contributed by atoms with E-state index >= 15 is 0 Å². The van der Waals surface area contributed by atoms with Gasteiger partial charge in [-0.1, -0.05) is 84.3 Å². The zero-order chi connectivity index (χ0) is 20.6. The second kappa shape index (κ2) is 16.9. The first-order valence-corrected chi connectivity index (χ1v) is 11.6. The van der Waals surface area contributed by atoms with Crippen LogP contribution in [0.5, 0.6) is 0 Å². The van der Waals surface area contributed by atoms with E-state index in [2.05, 4.69) is 34.6 Å². The summed E-state index contributed by atoms with van der Waals surface area (Å²) in [6.45, 7) is 11.8. The van der Waals surface area contributed by atoms with Crippen molar-refractivity contribution < 1.29 is 24.4 Å². The smallest absolute Gasteiger partial charge is 0.392 e. The first-order chi connectivity index (χ1) is 12.0. The summed E-state index contributed by atoms with van der Waals surface area (Å²) in [5.41, 5.74) is 1.34. The Hall–Kier alpha value is -0.190. The molecule has 0 fully saturated rings. The van der Waals surface area contributed by atoms with Crippen LogP contribution in [-0.2, 0) is 4.57 Å². The van der Waals surface area contributed by atoms with Gasteiger partial charge in [0.25, 0.3) is 0 Å². The molecule has 158 valence electrons. The van der Waals surface area contributed by atoms with E-state index in [0.29, 0.717) is 0 Å². The fourth-order valence-corrected chi connectivity index (χ4v) is 2.97. The maximum Gasteiger partial charge on any atom is 0.466 e. The molecule has 0 radical (unpaired) electrons. The highest BCUT2D eigenvalue weighted by atomic mass is 31.2. The molecule has 4 N–H and O–H groups in total. The Kier molecular flexibility index (Phi) is 18.3. The molecule has 0 unspecified atom stereocenters. The largest absolute Gasteiger partial charge is 0.466 e. The number of aliphatic hydroxyl groups is 1. The van der Waals surface area contributed by atoms with Crippen LogP contribution in [-0.4, -0.2) is 26.4 Å². The van der Waals surface area contributed by atoms with Crippen LogP contribution in [0.15, 0.2) is 11.6 Å². The summed E-state index contributed by atoms with van der Waals surface area (Å²) >= 11 is 0. The highest BCUT2D eigenvalue weighted by Gasteiger charge is 2.06. The predicted octanol–water partition coefficient (Wildman–Crippen LogP) is 5.44. The Balaban J connectivity index is 0. The van der Waals surface area contributed by atoms with Crippen molar-refractivity contribution in [3.05, 3.63) is 11.6 Å². The van der Waals surface area contributed by atoms with Crippen molar-refractivity contribution in [2.45, 2.75) is 92.4 Å². The molecule has 0 aromatic rings. The van der Waals surface area contributed by atoms with Crippen molar-refractivity contribution in [3.63, 3.8) is 0 Å². The minimum absolute atomic E-state index is 0.191.